The molecule has 0 aliphatic rings. The highest BCUT2D eigenvalue weighted by molar-refractivity contribution is 9.10. The molecule has 21 heavy (non-hydrogen) atoms. The second kappa shape index (κ2) is 7.55. The fourth-order valence-electron chi connectivity index (χ4n) is 1.78. The maximum atomic E-state index is 9.09. The van der Waals surface area contributed by atoms with Crippen molar-refractivity contribution < 1.29 is 0 Å². The van der Waals surface area contributed by atoms with Crippen molar-refractivity contribution in [3.8, 4) is 6.07 Å². The van der Waals surface area contributed by atoms with Gasteiger partial charge in [0.05, 0.1) is 5.69 Å². The van der Waals surface area contributed by atoms with Gasteiger partial charge in [-0.2, -0.15) is 10.5 Å². The van der Waals surface area contributed by atoms with Gasteiger partial charge in [0.1, 0.15) is 11.6 Å². The Bertz CT molecular complexity index is 657. The van der Waals surface area contributed by atoms with Crippen LogP contribution in [-0.4, -0.2) is 20.6 Å². The van der Waals surface area contributed by atoms with Crippen LogP contribution >= 0.6 is 15.9 Å². The maximum absolute atomic E-state index is 9.09. The van der Waals surface area contributed by atoms with Gasteiger partial charge < -0.3 is 5.32 Å². The number of nitriles is 1. The smallest absolute Gasteiger partial charge is 0.216 e. The molecule has 0 saturated carbocycles. The first-order valence-electron chi connectivity index (χ1n) is 6.63. The summed E-state index contributed by atoms with van der Waals surface area (Å²) >= 11 is 3.54. The van der Waals surface area contributed by atoms with Crippen LogP contribution in [0.15, 0.2) is 28.9 Å². The molecule has 1 aromatic carbocycles. The number of H-pyrrole nitrogens is 1. The Balaban J connectivity index is 2.11. The van der Waals surface area contributed by atoms with E-state index in [0.717, 1.165) is 16.6 Å². The molecule has 0 aliphatic heterocycles. The third-order valence-corrected chi connectivity index (χ3v) is 3.59. The average Bonchev–Trinajstić information content (AvgIpc) is 3.01. The topological polar surface area (TPSA) is 90.3 Å². The van der Waals surface area contributed by atoms with Crippen molar-refractivity contribution in [1.29, 1.82) is 5.26 Å². The number of halogens is 1. The van der Waals surface area contributed by atoms with E-state index in [9.17, 15) is 0 Å². The van der Waals surface area contributed by atoms with Crippen molar-refractivity contribution in [2.45, 2.75) is 26.2 Å². The number of aromatic amines is 1. The molecule has 0 aliphatic carbocycles. The molecule has 1 heterocycles. The van der Waals surface area contributed by atoms with E-state index in [-0.39, 0.29) is 5.82 Å². The number of unbranched alkanes of at least 4 members (excludes halogenated alkanes) is 1. The van der Waals surface area contributed by atoms with Gasteiger partial charge in [0.15, 0.2) is 0 Å². The Morgan fingerprint density at radius 3 is 3.00 bits per heavy atom. The van der Waals surface area contributed by atoms with Crippen LogP contribution in [0, 0.1) is 11.3 Å². The Morgan fingerprint density at radius 1 is 1.52 bits per heavy atom. The highest BCUT2D eigenvalue weighted by Crippen LogP contribution is 2.25. The highest BCUT2D eigenvalue weighted by atomic mass is 79.9. The minimum Gasteiger partial charge on any atom is -0.359 e. The molecule has 2 N–H and O–H groups in total. The molecular weight excluding hydrogens is 332 g/mol. The zero-order valence-corrected chi connectivity index (χ0v) is 13.2. The Kier molecular flexibility index (Phi) is 5.46. The van der Waals surface area contributed by atoms with Crippen LogP contribution < -0.4 is 5.32 Å². The molecule has 0 unspecified atom stereocenters. The number of rotatable bonds is 6. The summed E-state index contributed by atoms with van der Waals surface area (Å²) in [7, 11) is 0. The summed E-state index contributed by atoms with van der Waals surface area (Å²) in [5, 5.41) is 25.5. The second-order valence-corrected chi connectivity index (χ2v) is 5.32. The molecule has 7 heteroatoms. The number of hydrogen-bond donors (Lipinski definition) is 2. The second-order valence-electron chi connectivity index (χ2n) is 4.47. The first-order chi connectivity index (χ1) is 10.2. The van der Waals surface area contributed by atoms with Gasteiger partial charge in [0.25, 0.3) is 0 Å². The normalized spacial score (nSPS) is 11.2. The number of aryl methyl sites for hydroxylation is 1. The molecular formula is C14H15BrN6. The fraction of sp³-hybridized carbons (Fsp3) is 0.286. The molecule has 0 spiro atoms. The van der Waals surface area contributed by atoms with Crippen LogP contribution in [0.3, 0.4) is 0 Å². The lowest BCUT2D eigenvalue weighted by atomic mass is 10.1. The van der Waals surface area contributed by atoms with Crippen molar-refractivity contribution in [1.82, 2.24) is 20.6 Å². The Hall–Kier alpha value is -2.20. The van der Waals surface area contributed by atoms with E-state index in [2.05, 4.69) is 60.9 Å². The third kappa shape index (κ3) is 4.13. The SMILES string of the molecule is CCCCc1ccc(NC=C(C#N)c2nn[nH]n2)c(Br)c1. The molecule has 0 bridgehead atoms. The minimum atomic E-state index is 0.265. The van der Waals surface area contributed by atoms with Crippen LogP contribution in [0.1, 0.15) is 31.2 Å². The van der Waals surface area contributed by atoms with Gasteiger partial charge in [0, 0.05) is 10.7 Å². The van der Waals surface area contributed by atoms with Gasteiger partial charge in [-0.3, -0.25) is 0 Å². The molecule has 1 aromatic heterocycles. The zero-order chi connectivity index (χ0) is 15.1. The lowest BCUT2D eigenvalue weighted by molar-refractivity contribution is 0.795. The molecule has 2 rings (SSSR count). The lowest BCUT2D eigenvalue weighted by Gasteiger charge is -2.07. The van der Waals surface area contributed by atoms with Crippen molar-refractivity contribution in [3.63, 3.8) is 0 Å². The highest BCUT2D eigenvalue weighted by Gasteiger charge is 2.06. The fourth-order valence-corrected chi connectivity index (χ4v) is 2.33. The summed E-state index contributed by atoms with van der Waals surface area (Å²) in [6.45, 7) is 2.18. The third-order valence-electron chi connectivity index (χ3n) is 2.93. The number of benzene rings is 1. The molecule has 6 nitrogen and oxygen atoms in total. The molecule has 2 aromatic rings. The molecule has 0 fully saturated rings. The molecule has 0 atom stereocenters. The number of aromatic nitrogens is 4. The van der Waals surface area contributed by atoms with Crippen molar-refractivity contribution in [2.75, 3.05) is 5.32 Å². The van der Waals surface area contributed by atoms with Crippen LogP contribution in [0.5, 0.6) is 0 Å². The van der Waals surface area contributed by atoms with E-state index in [4.69, 9.17) is 5.26 Å². The average molecular weight is 347 g/mol. The van der Waals surface area contributed by atoms with Gasteiger partial charge in [-0.15, -0.1) is 10.2 Å². The van der Waals surface area contributed by atoms with E-state index in [1.807, 2.05) is 12.1 Å². The maximum Gasteiger partial charge on any atom is 0.216 e. The van der Waals surface area contributed by atoms with Crippen LogP contribution in [0.2, 0.25) is 0 Å². The molecule has 108 valence electrons. The first-order valence-corrected chi connectivity index (χ1v) is 7.43. The number of allylic oxidation sites excluding steroid dienone is 1. The quantitative estimate of drug-likeness (QED) is 0.783. The Labute approximate surface area is 131 Å². The van der Waals surface area contributed by atoms with Gasteiger partial charge in [-0.05, 0) is 51.7 Å². The van der Waals surface area contributed by atoms with E-state index >= 15 is 0 Å². The lowest BCUT2D eigenvalue weighted by Crippen LogP contribution is -1.95. The summed E-state index contributed by atoms with van der Waals surface area (Å²) in [5.41, 5.74) is 2.48. The summed E-state index contributed by atoms with van der Waals surface area (Å²) in [6, 6.07) is 8.18. The molecule has 0 amide bonds. The largest absolute Gasteiger partial charge is 0.359 e. The summed E-state index contributed by atoms with van der Waals surface area (Å²) in [6.07, 6.45) is 4.99. The van der Waals surface area contributed by atoms with E-state index in [0.29, 0.717) is 5.57 Å². The van der Waals surface area contributed by atoms with E-state index in [1.165, 1.54) is 18.4 Å². The monoisotopic (exact) mass is 346 g/mol. The van der Waals surface area contributed by atoms with Crippen LogP contribution in [0.4, 0.5) is 5.69 Å². The summed E-state index contributed by atoms with van der Waals surface area (Å²) in [4.78, 5) is 0. The minimum absolute atomic E-state index is 0.265. The number of tetrazole rings is 1. The predicted molar refractivity (Wildman–Crippen MR) is 84.1 cm³/mol. The standard InChI is InChI=1S/C14H15BrN6/c1-2-3-4-10-5-6-13(12(15)7-10)17-9-11(8-16)14-18-20-21-19-14/h5-7,9,17H,2-4H2,1H3,(H,18,19,20,21). The number of anilines is 1. The van der Waals surface area contributed by atoms with E-state index in [1.54, 1.807) is 6.20 Å². The van der Waals surface area contributed by atoms with E-state index < -0.39 is 0 Å². The summed E-state index contributed by atoms with van der Waals surface area (Å²) < 4.78 is 0.956. The predicted octanol–water partition coefficient (Wildman–Crippen LogP) is 3.28. The molecule has 0 radical (unpaired) electrons. The van der Waals surface area contributed by atoms with Gasteiger partial charge in [0.2, 0.25) is 5.82 Å². The van der Waals surface area contributed by atoms with Gasteiger partial charge in [-0.1, -0.05) is 19.4 Å². The van der Waals surface area contributed by atoms with Crippen LogP contribution in [0.25, 0.3) is 5.57 Å². The number of hydrogen-bond acceptors (Lipinski definition) is 5. The summed E-state index contributed by atoms with van der Waals surface area (Å²) in [5.74, 6) is 0.265. The van der Waals surface area contributed by atoms with Crippen LogP contribution in [-0.2, 0) is 6.42 Å². The van der Waals surface area contributed by atoms with Crippen molar-refractivity contribution in [3.05, 3.63) is 40.3 Å². The number of nitrogens with zero attached hydrogens (tertiary/aromatic N) is 4. The number of nitrogens with one attached hydrogen (secondary N) is 2. The zero-order valence-electron chi connectivity index (χ0n) is 11.6. The first kappa shape index (κ1) is 15.2. The van der Waals surface area contributed by atoms with Gasteiger partial charge >= 0.3 is 0 Å². The van der Waals surface area contributed by atoms with Crippen molar-refractivity contribution in [2.24, 2.45) is 0 Å². The Morgan fingerprint density at radius 2 is 2.38 bits per heavy atom. The molecule has 0 saturated heterocycles. The van der Waals surface area contributed by atoms with Gasteiger partial charge in [-0.25, -0.2) is 0 Å². The van der Waals surface area contributed by atoms with Crippen molar-refractivity contribution >= 4 is 27.2 Å².